The lowest BCUT2D eigenvalue weighted by Gasteiger charge is -2.13. The van der Waals surface area contributed by atoms with Gasteiger partial charge in [-0.3, -0.25) is 0 Å². The third-order valence-electron chi connectivity index (χ3n) is 5.34. The number of aromatic amines is 1. The molecule has 0 amide bonds. The van der Waals surface area contributed by atoms with Crippen LogP contribution < -0.4 is 10.6 Å². The summed E-state index contributed by atoms with van der Waals surface area (Å²) in [6.45, 7) is 3.75. The van der Waals surface area contributed by atoms with Crippen molar-refractivity contribution in [2.75, 3.05) is 23.7 Å². The Labute approximate surface area is 166 Å². The van der Waals surface area contributed by atoms with Crippen molar-refractivity contribution in [2.24, 2.45) is 0 Å². The van der Waals surface area contributed by atoms with Crippen LogP contribution >= 0.6 is 0 Å². The fourth-order valence-corrected chi connectivity index (χ4v) is 3.87. The number of rotatable bonds is 8. The lowest BCUT2D eigenvalue weighted by Crippen LogP contribution is -2.11. The summed E-state index contributed by atoms with van der Waals surface area (Å²) in [7, 11) is 0. The van der Waals surface area contributed by atoms with Gasteiger partial charge >= 0.3 is 0 Å². The van der Waals surface area contributed by atoms with Crippen LogP contribution in [0.25, 0.3) is 10.9 Å². The number of benzene rings is 1. The maximum Gasteiger partial charge on any atom is 0.224 e. The van der Waals surface area contributed by atoms with E-state index >= 15 is 0 Å². The van der Waals surface area contributed by atoms with E-state index in [0.717, 1.165) is 37.4 Å². The van der Waals surface area contributed by atoms with Crippen LogP contribution in [0.2, 0.25) is 0 Å². The number of H-pyrrole nitrogens is 1. The number of nitrogens with one attached hydrogen (secondary N) is 3. The molecule has 0 saturated heterocycles. The van der Waals surface area contributed by atoms with Crippen LogP contribution in [-0.4, -0.2) is 28.0 Å². The number of fused-ring (bicyclic) bond motifs is 1. The summed E-state index contributed by atoms with van der Waals surface area (Å²) in [5.74, 6) is 1.60. The molecule has 5 nitrogen and oxygen atoms in total. The molecule has 0 unspecified atom stereocenters. The minimum atomic E-state index is 0.714. The predicted molar refractivity (Wildman–Crippen MR) is 117 cm³/mol. The number of aromatic nitrogens is 3. The van der Waals surface area contributed by atoms with Crippen molar-refractivity contribution in [1.82, 2.24) is 15.0 Å². The zero-order valence-corrected chi connectivity index (χ0v) is 16.6. The van der Waals surface area contributed by atoms with Crippen LogP contribution in [0.5, 0.6) is 0 Å². The maximum absolute atomic E-state index is 4.64. The average Bonchev–Trinajstić information content (AvgIpc) is 3.12. The molecule has 3 N–H and O–H groups in total. The molecule has 1 aromatic carbocycles. The molecule has 1 aliphatic carbocycles. The summed E-state index contributed by atoms with van der Waals surface area (Å²) in [6, 6.07) is 10.4. The number of allylic oxidation sites excluding steroid dienone is 1. The van der Waals surface area contributed by atoms with Gasteiger partial charge in [-0.05, 0) is 57.1 Å². The largest absolute Gasteiger partial charge is 0.370 e. The second-order valence-corrected chi connectivity index (χ2v) is 7.54. The van der Waals surface area contributed by atoms with E-state index in [4.69, 9.17) is 0 Å². The van der Waals surface area contributed by atoms with E-state index in [1.165, 1.54) is 42.1 Å². The fraction of sp³-hybridized carbons (Fsp3) is 0.391. The highest BCUT2D eigenvalue weighted by Crippen LogP contribution is 2.20. The van der Waals surface area contributed by atoms with Crippen molar-refractivity contribution in [1.29, 1.82) is 0 Å². The first kappa shape index (κ1) is 18.5. The number of anilines is 2. The quantitative estimate of drug-likeness (QED) is 0.472. The van der Waals surface area contributed by atoms with E-state index in [0.29, 0.717) is 5.95 Å². The molecule has 0 radical (unpaired) electrons. The van der Waals surface area contributed by atoms with E-state index < -0.39 is 0 Å². The smallest absolute Gasteiger partial charge is 0.224 e. The van der Waals surface area contributed by atoms with Crippen molar-refractivity contribution >= 4 is 22.7 Å². The molecule has 0 bridgehead atoms. The van der Waals surface area contributed by atoms with Gasteiger partial charge in [0.25, 0.3) is 0 Å². The van der Waals surface area contributed by atoms with Crippen molar-refractivity contribution in [3.8, 4) is 0 Å². The number of para-hydroxylation sites is 1. The lowest BCUT2D eigenvalue weighted by molar-refractivity contribution is 0.679. The van der Waals surface area contributed by atoms with Gasteiger partial charge < -0.3 is 15.6 Å². The third-order valence-corrected chi connectivity index (χ3v) is 5.34. The zero-order chi connectivity index (χ0) is 19.2. The number of hydrogen-bond acceptors (Lipinski definition) is 4. The van der Waals surface area contributed by atoms with E-state index in [-0.39, 0.29) is 0 Å². The molecule has 0 spiro atoms. The first-order chi connectivity index (χ1) is 13.8. The van der Waals surface area contributed by atoms with Crippen LogP contribution in [0.1, 0.15) is 43.4 Å². The molecular weight excluding hydrogens is 346 g/mol. The van der Waals surface area contributed by atoms with Gasteiger partial charge in [-0.25, -0.2) is 4.98 Å². The Kier molecular flexibility index (Phi) is 5.90. The predicted octanol–water partition coefficient (Wildman–Crippen LogP) is 5.22. The molecule has 0 saturated carbocycles. The molecule has 0 aliphatic heterocycles. The molecule has 0 atom stereocenters. The van der Waals surface area contributed by atoms with Crippen LogP contribution in [-0.2, 0) is 6.42 Å². The van der Waals surface area contributed by atoms with Crippen molar-refractivity contribution < 1.29 is 0 Å². The summed E-state index contributed by atoms with van der Waals surface area (Å²) < 4.78 is 0. The van der Waals surface area contributed by atoms with E-state index in [2.05, 4.69) is 62.1 Å². The van der Waals surface area contributed by atoms with Crippen molar-refractivity contribution in [2.45, 2.75) is 45.4 Å². The Hall–Kier alpha value is -2.82. The highest BCUT2D eigenvalue weighted by atomic mass is 15.1. The van der Waals surface area contributed by atoms with E-state index in [1.54, 1.807) is 5.57 Å². The second kappa shape index (κ2) is 8.91. The molecule has 2 heterocycles. The van der Waals surface area contributed by atoms with Gasteiger partial charge in [0.2, 0.25) is 5.95 Å². The van der Waals surface area contributed by atoms with Gasteiger partial charge in [-0.15, -0.1) is 0 Å². The Morgan fingerprint density at radius 1 is 1.04 bits per heavy atom. The maximum atomic E-state index is 4.64. The van der Waals surface area contributed by atoms with Gasteiger partial charge in [-0.2, -0.15) is 4.98 Å². The second-order valence-electron chi connectivity index (χ2n) is 7.54. The summed E-state index contributed by atoms with van der Waals surface area (Å²) in [5.41, 5.74) is 5.07. The zero-order valence-electron chi connectivity index (χ0n) is 16.6. The van der Waals surface area contributed by atoms with Gasteiger partial charge in [-0.1, -0.05) is 29.8 Å². The fourth-order valence-electron chi connectivity index (χ4n) is 3.87. The van der Waals surface area contributed by atoms with E-state index in [9.17, 15) is 0 Å². The molecule has 3 aromatic rings. The summed E-state index contributed by atoms with van der Waals surface area (Å²) in [6.07, 6.45) is 11.7. The van der Waals surface area contributed by atoms with Crippen LogP contribution in [0.4, 0.5) is 11.8 Å². The molecule has 2 aromatic heterocycles. The van der Waals surface area contributed by atoms with Crippen molar-refractivity contribution in [3.63, 3.8) is 0 Å². The molecule has 1 aliphatic rings. The van der Waals surface area contributed by atoms with Gasteiger partial charge in [0.05, 0.1) is 0 Å². The average molecular weight is 376 g/mol. The Morgan fingerprint density at radius 3 is 2.82 bits per heavy atom. The summed E-state index contributed by atoms with van der Waals surface area (Å²) >= 11 is 0. The Balaban J connectivity index is 1.31. The standard InChI is InChI=1S/C23H29N5/c1-17-15-22(24-14-12-19-16-26-21-10-6-5-9-20(19)21)28-23(27-17)25-13-11-18-7-3-2-4-8-18/h5-7,9-10,15-16,26H,2-4,8,11-14H2,1H3,(H2,24,25,27,28). The number of aryl methyl sites for hydroxylation is 1. The van der Waals surface area contributed by atoms with Crippen LogP contribution in [0.15, 0.2) is 48.2 Å². The monoisotopic (exact) mass is 375 g/mol. The van der Waals surface area contributed by atoms with Gasteiger partial charge in [0.15, 0.2) is 0 Å². The molecular formula is C23H29N5. The van der Waals surface area contributed by atoms with Gasteiger partial charge in [0.1, 0.15) is 5.82 Å². The molecule has 4 rings (SSSR count). The summed E-state index contributed by atoms with van der Waals surface area (Å²) in [4.78, 5) is 12.5. The van der Waals surface area contributed by atoms with Crippen molar-refractivity contribution in [3.05, 3.63) is 59.4 Å². The molecule has 0 fully saturated rings. The number of hydrogen-bond donors (Lipinski definition) is 3. The summed E-state index contributed by atoms with van der Waals surface area (Å²) in [5, 5.41) is 8.14. The third kappa shape index (κ3) is 4.71. The van der Waals surface area contributed by atoms with Gasteiger partial charge in [0, 0.05) is 41.9 Å². The minimum Gasteiger partial charge on any atom is -0.370 e. The Bertz CT molecular complexity index is 957. The molecule has 146 valence electrons. The highest BCUT2D eigenvalue weighted by Gasteiger charge is 2.06. The topological polar surface area (TPSA) is 65.6 Å². The molecule has 5 heteroatoms. The van der Waals surface area contributed by atoms with E-state index in [1.807, 2.05) is 13.0 Å². The number of nitrogens with zero attached hydrogens (tertiary/aromatic N) is 2. The minimum absolute atomic E-state index is 0.714. The highest BCUT2D eigenvalue weighted by molar-refractivity contribution is 5.83. The Morgan fingerprint density at radius 2 is 1.93 bits per heavy atom. The SMILES string of the molecule is Cc1cc(NCCc2c[nH]c3ccccc23)nc(NCCC2=CCCCC2)n1. The lowest BCUT2D eigenvalue weighted by atomic mass is 9.97. The first-order valence-corrected chi connectivity index (χ1v) is 10.3. The van der Waals surface area contributed by atoms with Crippen LogP contribution in [0.3, 0.4) is 0 Å². The first-order valence-electron chi connectivity index (χ1n) is 10.3. The molecule has 28 heavy (non-hydrogen) atoms. The normalized spacial score (nSPS) is 14.1. The van der Waals surface area contributed by atoms with Crippen LogP contribution in [0, 0.1) is 6.92 Å².